The van der Waals surface area contributed by atoms with Gasteiger partial charge in [-0.3, -0.25) is 0 Å². The Labute approximate surface area is 140 Å². The van der Waals surface area contributed by atoms with Crippen molar-refractivity contribution in [3.8, 4) is 5.75 Å². The maximum atomic E-state index is 10.1. The van der Waals surface area contributed by atoms with Gasteiger partial charge >= 0.3 is 0 Å². The van der Waals surface area contributed by atoms with Crippen molar-refractivity contribution in [1.82, 2.24) is 4.90 Å². The number of halogens is 1. The fraction of sp³-hybridized carbons (Fsp3) is 0.263. The molecule has 118 valence electrons. The normalized spacial score (nSPS) is 18.8. The fourth-order valence-electron chi connectivity index (χ4n) is 3.53. The molecule has 3 aromatic rings. The number of aromatic hydroxyl groups is 1. The van der Waals surface area contributed by atoms with E-state index < -0.39 is 0 Å². The minimum atomic E-state index is 0.145. The number of para-hydroxylation sites is 1. The molecule has 0 saturated heterocycles. The molecule has 0 saturated carbocycles. The van der Waals surface area contributed by atoms with Crippen molar-refractivity contribution >= 4 is 22.6 Å². The van der Waals surface area contributed by atoms with E-state index >= 15 is 0 Å². The topological polar surface area (TPSA) is 36.6 Å². The van der Waals surface area contributed by atoms with Gasteiger partial charge in [0.05, 0.1) is 11.3 Å². The van der Waals surface area contributed by atoms with Gasteiger partial charge in [0.25, 0.3) is 0 Å². The molecule has 3 nitrogen and oxygen atoms in total. The van der Waals surface area contributed by atoms with Crippen molar-refractivity contribution in [2.75, 3.05) is 20.1 Å². The fourth-order valence-corrected chi connectivity index (χ4v) is 3.72. The molecule has 1 N–H and O–H groups in total. The lowest BCUT2D eigenvalue weighted by Gasteiger charge is -2.22. The highest BCUT2D eigenvalue weighted by molar-refractivity contribution is 6.32. The summed E-state index contributed by atoms with van der Waals surface area (Å²) in [5.41, 5.74) is 4.42. The summed E-state index contributed by atoms with van der Waals surface area (Å²) in [5.74, 6) is 0.294. The summed E-state index contributed by atoms with van der Waals surface area (Å²) in [6.07, 6.45) is 2.66. The van der Waals surface area contributed by atoms with Crippen LogP contribution in [-0.2, 0) is 6.42 Å². The molecule has 2 heterocycles. The maximum absolute atomic E-state index is 10.1. The Bertz CT molecular complexity index is 871. The van der Waals surface area contributed by atoms with Crippen LogP contribution in [0.25, 0.3) is 11.0 Å². The molecular weight excluding hydrogens is 309 g/mol. The van der Waals surface area contributed by atoms with Gasteiger partial charge in [0.1, 0.15) is 11.3 Å². The van der Waals surface area contributed by atoms with Crippen molar-refractivity contribution in [2.45, 2.75) is 12.3 Å². The number of rotatable bonds is 1. The number of nitrogens with zero attached hydrogens (tertiary/aromatic N) is 1. The van der Waals surface area contributed by atoms with Crippen LogP contribution in [0.1, 0.15) is 22.6 Å². The van der Waals surface area contributed by atoms with Crippen molar-refractivity contribution < 1.29 is 9.52 Å². The van der Waals surface area contributed by atoms with Gasteiger partial charge in [-0.1, -0.05) is 29.8 Å². The summed E-state index contributed by atoms with van der Waals surface area (Å²) in [6, 6.07) is 11.9. The molecule has 0 fully saturated rings. The highest BCUT2D eigenvalue weighted by atomic mass is 35.5. The number of benzene rings is 2. The second kappa shape index (κ2) is 5.59. The molecule has 2 aromatic carbocycles. The molecule has 0 amide bonds. The Morgan fingerprint density at radius 2 is 2.09 bits per heavy atom. The van der Waals surface area contributed by atoms with Crippen LogP contribution in [0, 0.1) is 0 Å². The Morgan fingerprint density at radius 1 is 1.22 bits per heavy atom. The zero-order chi connectivity index (χ0) is 16.0. The van der Waals surface area contributed by atoms with E-state index in [1.807, 2.05) is 18.2 Å². The Morgan fingerprint density at radius 3 is 2.96 bits per heavy atom. The van der Waals surface area contributed by atoms with Crippen LogP contribution in [0.2, 0.25) is 5.02 Å². The Kier molecular flexibility index (Phi) is 3.55. The number of likely N-dealkylation sites (N-methyl/N-ethyl adjacent to an activating group) is 1. The standard InChI is InChI=1S/C19H18ClNO2/c1-21-7-5-13-9-17(20)18(22)10-15(13)16(11-21)14-4-2-3-12-6-8-23-19(12)14/h2-4,6,8-10,16,22H,5,7,11H2,1H3/t16-/m0/s1/i1-1. The first kappa shape index (κ1) is 14.6. The van der Waals surface area contributed by atoms with Gasteiger partial charge in [0.15, 0.2) is 0 Å². The van der Waals surface area contributed by atoms with Gasteiger partial charge in [-0.15, -0.1) is 0 Å². The molecule has 1 aromatic heterocycles. The molecule has 23 heavy (non-hydrogen) atoms. The third-order valence-electron chi connectivity index (χ3n) is 4.73. The summed E-state index contributed by atoms with van der Waals surface area (Å²) in [4.78, 5) is 2.32. The molecule has 0 aliphatic carbocycles. The molecule has 4 heteroatoms. The number of phenols is 1. The second-order valence-corrected chi connectivity index (χ2v) is 6.66. The molecular formula is C19H18ClNO2. The highest BCUT2D eigenvalue weighted by Crippen LogP contribution is 2.39. The van der Waals surface area contributed by atoms with Crippen LogP contribution < -0.4 is 0 Å². The Balaban J connectivity index is 1.93. The number of furan rings is 1. The van der Waals surface area contributed by atoms with E-state index in [4.69, 9.17) is 16.0 Å². The van der Waals surface area contributed by atoms with Crippen LogP contribution in [-0.4, -0.2) is 30.1 Å². The molecule has 1 aliphatic rings. The predicted molar refractivity (Wildman–Crippen MR) is 92.4 cm³/mol. The van der Waals surface area contributed by atoms with E-state index in [1.165, 1.54) is 5.56 Å². The summed E-state index contributed by atoms with van der Waals surface area (Å²) < 4.78 is 5.74. The van der Waals surface area contributed by atoms with E-state index in [0.29, 0.717) is 5.02 Å². The second-order valence-electron chi connectivity index (χ2n) is 6.25. The highest BCUT2D eigenvalue weighted by Gasteiger charge is 2.26. The molecule has 0 radical (unpaired) electrons. The third-order valence-corrected chi connectivity index (χ3v) is 5.03. The largest absolute Gasteiger partial charge is 0.506 e. The smallest absolute Gasteiger partial charge is 0.137 e. The number of phenolic OH excluding ortho intramolecular Hbond substituents is 1. The van der Waals surface area contributed by atoms with Crippen LogP contribution in [0.4, 0.5) is 0 Å². The lowest BCUT2D eigenvalue weighted by molar-refractivity contribution is 0.337. The van der Waals surface area contributed by atoms with Crippen LogP contribution in [0.3, 0.4) is 0 Å². The molecule has 0 bridgehead atoms. The first-order chi connectivity index (χ1) is 11.1. The summed E-state index contributed by atoms with van der Waals surface area (Å²) in [5, 5.41) is 11.6. The third kappa shape index (κ3) is 2.50. The molecule has 0 spiro atoms. The predicted octanol–water partition coefficient (Wildman–Crippen LogP) is 4.41. The van der Waals surface area contributed by atoms with Gasteiger partial charge in [-0.2, -0.15) is 0 Å². The summed E-state index contributed by atoms with van der Waals surface area (Å²) in [7, 11) is 2.13. The van der Waals surface area contributed by atoms with Crippen LogP contribution in [0.15, 0.2) is 47.1 Å². The quantitative estimate of drug-likeness (QED) is 0.719. The lowest BCUT2D eigenvalue weighted by atomic mass is 9.87. The Hall–Kier alpha value is -1.97. The van der Waals surface area contributed by atoms with Crippen LogP contribution >= 0.6 is 11.6 Å². The molecule has 4 rings (SSSR count). The minimum Gasteiger partial charge on any atom is -0.506 e. The molecule has 1 aliphatic heterocycles. The average Bonchev–Trinajstić information content (AvgIpc) is 2.96. The monoisotopic (exact) mass is 326 g/mol. The van der Waals surface area contributed by atoms with E-state index in [0.717, 1.165) is 41.6 Å². The zero-order valence-corrected chi connectivity index (χ0v) is 13.7. The first-order valence-corrected chi connectivity index (χ1v) is 8.17. The van der Waals surface area contributed by atoms with Gasteiger partial charge in [0.2, 0.25) is 0 Å². The van der Waals surface area contributed by atoms with Crippen molar-refractivity contribution in [1.29, 1.82) is 0 Å². The lowest BCUT2D eigenvalue weighted by Crippen LogP contribution is -2.24. The zero-order valence-electron chi connectivity index (χ0n) is 12.9. The van der Waals surface area contributed by atoms with Gasteiger partial charge < -0.3 is 14.4 Å². The summed E-state index contributed by atoms with van der Waals surface area (Å²) in [6.45, 7) is 1.85. The average molecular weight is 327 g/mol. The van der Waals surface area contributed by atoms with E-state index in [9.17, 15) is 5.11 Å². The SMILES string of the molecule is [11CH3]N1CCc2cc(Cl)c(O)cc2[C@H](c2cccc3ccoc23)C1. The van der Waals surface area contributed by atoms with Crippen molar-refractivity contribution in [2.24, 2.45) is 0 Å². The first-order valence-electron chi connectivity index (χ1n) is 7.79. The number of fused-ring (bicyclic) bond motifs is 2. The maximum Gasteiger partial charge on any atom is 0.137 e. The molecule has 0 unspecified atom stereocenters. The van der Waals surface area contributed by atoms with E-state index in [2.05, 4.69) is 30.1 Å². The van der Waals surface area contributed by atoms with Gasteiger partial charge in [0, 0.05) is 30.0 Å². The summed E-state index contributed by atoms with van der Waals surface area (Å²) >= 11 is 6.12. The van der Waals surface area contributed by atoms with Crippen molar-refractivity contribution in [3.63, 3.8) is 0 Å². The minimum absolute atomic E-state index is 0.145. The molecule has 1 atom stereocenters. The van der Waals surface area contributed by atoms with Gasteiger partial charge in [-0.25, -0.2) is 0 Å². The van der Waals surface area contributed by atoms with Crippen LogP contribution in [0.5, 0.6) is 5.75 Å². The number of hydrogen-bond donors (Lipinski definition) is 1. The van der Waals surface area contributed by atoms with E-state index in [1.54, 1.807) is 6.26 Å². The van der Waals surface area contributed by atoms with E-state index in [-0.39, 0.29) is 11.7 Å². The van der Waals surface area contributed by atoms with Crippen molar-refractivity contribution in [3.05, 3.63) is 64.4 Å². The number of hydrogen-bond acceptors (Lipinski definition) is 3. The van der Waals surface area contributed by atoms with Gasteiger partial charge in [-0.05, 0) is 42.8 Å².